The van der Waals surface area contributed by atoms with Crippen molar-refractivity contribution in [3.8, 4) is 0 Å². The number of nitrogens with zero attached hydrogens (tertiary/aromatic N) is 2. The van der Waals surface area contributed by atoms with Crippen LogP contribution in [0.1, 0.15) is 19.8 Å². The van der Waals surface area contributed by atoms with Gasteiger partial charge in [-0.1, -0.05) is 19.9 Å². The van der Waals surface area contributed by atoms with Crippen molar-refractivity contribution in [3.05, 3.63) is 12.3 Å². The Morgan fingerprint density at radius 2 is 1.80 bits per heavy atom. The van der Waals surface area contributed by atoms with Crippen LogP contribution in [0, 0.1) is 0 Å². The van der Waals surface area contributed by atoms with Gasteiger partial charge < -0.3 is 10.2 Å². The minimum atomic E-state index is 0.998. The first-order valence-corrected chi connectivity index (χ1v) is 6.06. The second-order valence-corrected chi connectivity index (χ2v) is 4.32. The average molecular weight is 211 g/mol. The number of rotatable bonds is 6. The Morgan fingerprint density at radius 3 is 2.33 bits per heavy atom. The zero-order valence-electron chi connectivity index (χ0n) is 10.3. The van der Waals surface area contributed by atoms with Crippen LogP contribution in [0.15, 0.2) is 12.3 Å². The third-order valence-corrected chi connectivity index (χ3v) is 3.06. The molecule has 3 nitrogen and oxygen atoms in total. The van der Waals surface area contributed by atoms with Gasteiger partial charge >= 0.3 is 0 Å². The Bertz CT molecular complexity index is 183. The summed E-state index contributed by atoms with van der Waals surface area (Å²) in [5.41, 5.74) is 1.12. The van der Waals surface area contributed by atoms with Gasteiger partial charge in [-0.25, -0.2) is 0 Å². The number of nitrogens with one attached hydrogen (secondary N) is 1. The van der Waals surface area contributed by atoms with E-state index in [1.165, 1.54) is 45.6 Å². The summed E-state index contributed by atoms with van der Waals surface area (Å²) >= 11 is 0. The molecule has 0 aliphatic carbocycles. The van der Waals surface area contributed by atoms with Gasteiger partial charge in [0.05, 0.1) is 0 Å². The fourth-order valence-corrected chi connectivity index (χ4v) is 1.90. The molecule has 0 radical (unpaired) electrons. The number of hydrogen-bond acceptors (Lipinski definition) is 3. The van der Waals surface area contributed by atoms with Crippen molar-refractivity contribution < 1.29 is 0 Å². The van der Waals surface area contributed by atoms with Crippen molar-refractivity contribution in [3.63, 3.8) is 0 Å². The Morgan fingerprint density at radius 1 is 1.20 bits per heavy atom. The van der Waals surface area contributed by atoms with Crippen LogP contribution < -0.4 is 5.32 Å². The van der Waals surface area contributed by atoms with Gasteiger partial charge in [0, 0.05) is 45.5 Å². The fraction of sp³-hybridized carbons (Fsp3) is 0.833. The van der Waals surface area contributed by atoms with Gasteiger partial charge in [0.25, 0.3) is 0 Å². The van der Waals surface area contributed by atoms with Crippen LogP contribution in [-0.2, 0) is 0 Å². The van der Waals surface area contributed by atoms with E-state index < -0.39 is 0 Å². The van der Waals surface area contributed by atoms with Crippen molar-refractivity contribution in [1.82, 2.24) is 15.1 Å². The molecule has 1 N–H and O–H groups in total. The van der Waals surface area contributed by atoms with Crippen LogP contribution >= 0.6 is 0 Å². The molecule has 0 unspecified atom stereocenters. The van der Waals surface area contributed by atoms with Gasteiger partial charge in [-0.3, -0.25) is 4.90 Å². The predicted molar refractivity (Wildman–Crippen MR) is 66.0 cm³/mol. The lowest BCUT2D eigenvalue weighted by Gasteiger charge is -2.34. The monoisotopic (exact) mass is 211 g/mol. The van der Waals surface area contributed by atoms with Crippen LogP contribution in [0.4, 0.5) is 0 Å². The second-order valence-electron chi connectivity index (χ2n) is 4.32. The van der Waals surface area contributed by atoms with E-state index in [1.807, 2.05) is 7.05 Å². The molecule has 0 atom stereocenters. The molecule has 0 saturated carbocycles. The smallest absolute Gasteiger partial charge is 0.0376 e. The molecule has 1 aliphatic rings. The van der Waals surface area contributed by atoms with E-state index >= 15 is 0 Å². The summed E-state index contributed by atoms with van der Waals surface area (Å²) in [6.45, 7) is 13.3. The molecule has 0 amide bonds. The molecule has 1 aliphatic heterocycles. The van der Waals surface area contributed by atoms with Crippen LogP contribution in [0.25, 0.3) is 0 Å². The largest absolute Gasteiger partial charge is 0.391 e. The molecular weight excluding hydrogens is 186 g/mol. The van der Waals surface area contributed by atoms with Gasteiger partial charge in [0.2, 0.25) is 0 Å². The van der Waals surface area contributed by atoms with Gasteiger partial charge in [-0.15, -0.1) is 0 Å². The molecular formula is C12H25N3. The van der Waals surface area contributed by atoms with Gasteiger partial charge in [-0.05, 0) is 13.0 Å². The SMILES string of the molecule is C=C(CN1CCN(CCCC)CC1)NC. The minimum Gasteiger partial charge on any atom is -0.391 e. The van der Waals surface area contributed by atoms with Crippen LogP contribution in [0.5, 0.6) is 0 Å². The summed E-state index contributed by atoms with van der Waals surface area (Å²) < 4.78 is 0. The fourth-order valence-electron chi connectivity index (χ4n) is 1.90. The van der Waals surface area contributed by atoms with Gasteiger partial charge in [0.1, 0.15) is 0 Å². The number of unbranched alkanes of at least 4 members (excludes halogenated alkanes) is 1. The zero-order valence-corrected chi connectivity index (χ0v) is 10.3. The highest BCUT2D eigenvalue weighted by Crippen LogP contribution is 2.04. The molecule has 88 valence electrons. The molecule has 1 rings (SSSR count). The molecule has 1 fully saturated rings. The molecule has 0 bridgehead atoms. The molecule has 1 saturated heterocycles. The summed E-state index contributed by atoms with van der Waals surface area (Å²) in [5.74, 6) is 0. The third kappa shape index (κ3) is 4.67. The number of hydrogen-bond donors (Lipinski definition) is 1. The Labute approximate surface area is 94.1 Å². The minimum absolute atomic E-state index is 0.998. The lowest BCUT2D eigenvalue weighted by Crippen LogP contribution is -2.47. The maximum absolute atomic E-state index is 3.97. The maximum atomic E-state index is 3.97. The van der Waals surface area contributed by atoms with Crippen molar-refractivity contribution in [2.45, 2.75) is 19.8 Å². The summed E-state index contributed by atoms with van der Waals surface area (Å²) in [4.78, 5) is 5.05. The topological polar surface area (TPSA) is 18.5 Å². The quantitative estimate of drug-likeness (QED) is 0.711. The standard InChI is InChI=1S/C12H25N3/c1-4-5-6-14-7-9-15(10-8-14)11-12(2)13-3/h13H,2,4-11H2,1,3H3. The van der Waals surface area contributed by atoms with E-state index in [4.69, 9.17) is 0 Å². The summed E-state index contributed by atoms with van der Waals surface area (Å²) in [6.07, 6.45) is 2.64. The second kappa shape index (κ2) is 6.85. The van der Waals surface area contributed by atoms with Gasteiger partial charge in [0.15, 0.2) is 0 Å². The van der Waals surface area contributed by atoms with Crippen LogP contribution in [0.2, 0.25) is 0 Å². The van der Waals surface area contributed by atoms with E-state index in [2.05, 4.69) is 28.6 Å². The maximum Gasteiger partial charge on any atom is 0.0376 e. The normalized spacial score (nSPS) is 19.1. The highest BCUT2D eigenvalue weighted by Gasteiger charge is 2.15. The number of likely N-dealkylation sites (N-methyl/N-ethyl adjacent to an activating group) is 1. The molecule has 15 heavy (non-hydrogen) atoms. The highest BCUT2D eigenvalue weighted by molar-refractivity contribution is 4.94. The first-order chi connectivity index (χ1) is 7.26. The molecule has 0 aromatic heterocycles. The third-order valence-electron chi connectivity index (χ3n) is 3.06. The van der Waals surface area contributed by atoms with E-state index in [0.29, 0.717) is 0 Å². The summed E-state index contributed by atoms with van der Waals surface area (Å²) in [5, 5.41) is 3.11. The zero-order chi connectivity index (χ0) is 11.1. The molecule has 1 heterocycles. The lowest BCUT2D eigenvalue weighted by molar-refractivity contribution is 0.138. The van der Waals surface area contributed by atoms with Crippen molar-refractivity contribution in [2.24, 2.45) is 0 Å². The molecule has 0 aromatic carbocycles. The summed E-state index contributed by atoms with van der Waals surface area (Å²) in [7, 11) is 1.94. The highest BCUT2D eigenvalue weighted by atomic mass is 15.3. The van der Waals surface area contributed by atoms with Crippen molar-refractivity contribution >= 4 is 0 Å². The van der Waals surface area contributed by atoms with E-state index in [0.717, 1.165) is 12.2 Å². The Kier molecular flexibility index (Phi) is 5.73. The molecule has 0 spiro atoms. The van der Waals surface area contributed by atoms with Crippen LogP contribution in [-0.4, -0.2) is 56.1 Å². The van der Waals surface area contributed by atoms with Crippen molar-refractivity contribution in [2.75, 3.05) is 46.3 Å². The summed E-state index contributed by atoms with van der Waals surface area (Å²) in [6, 6.07) is 0. The van der Waals surface area contributed by atoms with E-state index in [1.54, 1.807) is 0 Å². The Hall–Kier alpha value is -0.540. The van der Waals surface area contributed by atoms with E-state index in [9.17, 15) is 0 Å². The van der Waals surface area contributed by atoms with Gasteiger partial charge in [-0.2, -0.15) is 0 Å². The Balaban J connectivity index is 2.15. The lowest BCUT2D eigenvalue weighted by atomic mass is 10.2. The van der Waals surface area contributed by atoms with Crippen LogP contribution in [0.3, 0.4) is 0 Å². The first kappa shape index (κ1) is 12.5. The average Bonchev–Trinajstić information content (AvgIpc) is 2.28. The number of piperazine rings is 1. The molecule has 3 heteroatoms. The van der Waals surface area contributed by atoms with Crippen molar-refractivity contribution in [1.29, 1.82) is 0 Å². The molecule has 0 aromatic rings. The predicted octanol–water partition coefficient (Wildman–Crippen LogP) is 1.14. The first-order valence-electron chi connectivity index (χ1n) is 6.06. The van der Waals surface area contributed by atoms with E-state index in [-0.39, 0.29) is 0 Å².